The van der Waals surface area contributed by atoms with Crippen LogP contribution in [-0.2, 0) is 38.4 Å². The molecule has 364 valence electrons. The fraction of sp³-hybridized carbons (Fsp3) is 0.615. The Kier molecular flexibility index (Phi) is 24.2. The molecule has 2 rings (SSSR count). The zero-order valence-corrected chi connectivity index (χ0v) is 36.3. The minimum absolute atomic E-state index is 0.00947. The first-order valence-electron chi connectivity index (χ1n) is 21.2. The van der Waals surface area contributed by atoms with E-state index in [-0.39, 0.29) is 96.1 Å². The van der Waals surface area contributed by atoms with E-state index in [0.717, 1.165) is 13.0 Å². The number of rotatable bonds is 28. The molecule has 9 amide bonds. The van der Waals surface area contributed by atoms with Gasteiger partial charge in [-0.1, -0.05) is 6.07 Å². The largest absolute Gasteiger partial charge is 0.504 e. The molecule has 0 bridgehead atoms. The molecule has 18 N–H and O–H groups in total. The third-order valence-corrected chi connectivity index (χ3v) is 10.1. The fourth-order valence-corrected chi connectivity index (χ4v) is 6.41. The minimum atomic E-state index is -1.59. The van der Waals surface area contributed by atoms with E-state index in [1.807, 2.05) is 0 Å². The van der Waals surface area contributed by atoms with E-state index < -0.39 is 114 Å². The average Bonchev–Trinajstić information content (AvgIpc) is 3.27. The first-order valence-corrected chi connectivity index (χ1v) is 21.2. The quantitative estimate of drug-likeness (QED) is 0.0212. The third-order valence-electron chi connectivity index (χ3n) is 10.1. The number of phenolic OH excluding ortho intramolecular Hbond substituents is 2. The van der Waals surface area contributed by atoms with Gasteiger partial charge < -0.3 is 69.7 Å². The maximum Gasteiger partial charge on any atom is 0.268 e. The van der Waals surface area contributed by atoms with Crippen LogP contribution in [-0.4, -0.2) is 171 Å². The van der Waals surface area contributed by atoms with E-state index in [0.29, 0.717) is 16.5 Å². The number of amides is 9. The maximum atomic E-state index is 13.9. The van der Waals surface area contributed by atoms with Crippen LogP contribution >= 0.6 is 0 Å². The molecule has 1 heterocycles. The van der Waals surface area contributed by atoms with E-state index in [1.165, 1.54) is 12.1 Å². The molecule has 26 heteroatoms. The summed E-state index contributed by atoms with van der Waals surface area (Å²) in [6.07, 6.45) is 0.699. The lowest BCUT2D eigenvalue weighted by Gasteiger charge is -2.29. The van der Waals surface area contributed by atoms with Crippen molar-refractivity contribution in [3.63, 3.8) is 0 Å². The molecule has 1 aromatic carbocycles. The molecule has 0 saturated carbocycles. The monoisotopic (exact) mass is 924 g/mol. The Balaban J connectivity index is 2.28. The highest BCUT2D eigenvalue weighted by molar-refractivity contribution is 6.00. The van der Waals surface area contributed by atoms with Gasteiger partial charge in [-0.15, -0.1) is 0 Å². The smallest absolute Gasteiger partial charge is 0.268 e. The molecular formula is C39H64N12O14. The second-order valence-electron chi connectivity index (χ2n) is 15.1. The average molecular weight is 925 g/mol. The Morgan fingerprint density at radius 2 is 1.22 bits per heavy atom. The first-order chi connectivity index (χ1) is 30.9. The lowest BCUT2D eigenvalue weighted by molar-refractivity contribution is -0.173. The van der Waals surface area contributed by atoms with Crippen molar-refractivity contribution in [3.8, 4) is 11.5 Å². The Labute approximate surface area is 374 Å². The van der Waals surface area contributed by atoms with Crippen LogP contribution in [0.3, 0.4) is 0 Å². The van der Waals surface area contributed by atoms with Crippen molar-refractivity contribution in [1.29, 1.82) is 0 Å². The molecule has 0 aliphatic carbocycles. The summed E-state index contributed by atoms with van der Waals surface area (Å²) in [4.78, 5) is 117. The molecule has 1 aliphatic rings. The highest BCUT2D eigenvalue weighted by atomic mass is 16.5. The molecule has 6 unspecified atom stereocenters. The van der Waals surface area contributed by atoms with Gasteiger partial charge in [-0.25, -0.2) is 10.1 Å². The van der Waals surface area contributed by atoms with Gasteiger partial charge in [0.15, 0.2) is 11.5 Å². The van der Waals surface area contributed by atoms with E-state index in [1.54, 1.807) is 0 Å². The zero-order chi connectivity index (χ0) is 48.6. The van der Waals surface area contributed by atoms with Gasteiger partial charge in [0.25, 0.3) is 11.8 Å². The van der Waals surface area contributed by atoms with Gasteiger partial charge in [0.2, 0.25) is 41.4 Å². The molecule has 0 spiro atoms. The molecule has 0 aromatic heterocycles. The Morgan fingerprint density at radius 1 is 0.738 bits per heavy atom. The summed E-state index contributed by atoms with van der Waals surface area (Å²) in [6, 6.07) is -4.60. The first kappa shape index (κ1) is 54.9. The van der Waals surface area contributed by atoms with Crippen LogP contribution in [0.2, 0.25) is 0 Å². The lowest BCUT2D eigenvalue weighted by atomic mass is 10.0. The van der Waals surface area contributed by atoms with Gasteiger partial charge in [-0.3, -0.25) is 53.6 Å². The summed E-state index contributed by atoms with van der Waals surface area (Å²) < 4.78 is 0. The molecule has 1 saturated heterocycles. The predicted molar refractivity (Wildman–Crippen MR) is 227 cm³/mol. The SMILES string of the molecule is CC(=O)N(O)CCCC(NC(=O)C(CCCN)NC(=O)C(CCCN)NC(=O)CNC(=O)c1cccc(O)c1O)C(=O)NC(CCCN)C(=O)NC(CO)C(=O)NC1CCCN(O)C1=O. The van der Waals surface area contributed by atoms with Crippen LogP contribution in [0.4, 0.5) is 0 Å². The van der Waals surface area contributed by atoms with Gasteiger partial charge in [0.1, 0.15) is 36.3 Å². The summed E-state index contributed by atoms with van der Waals surface area (Å²) in [5.74, 6) is -9.09. The maximum absolute atomic E-state index is 13.9. The summed E-state index contributed by atoms with van der Waals surface area (Å²) in [5, 5.41) is 67.2. The summed E-state index contributed by atoms with van der Waals surface area (Å²) in [6.45, 7) is -0.452. The number of nitrogens with zero attached hydrogens (tertiary/aromatic N) is 2. The van der Waals surface area contributed by atoms with Crippen molar-refractivity contribution in [2.24, 2.45) is 17.2 Å². The number of para-hydroxylation sites is 1. The summed E-state index contributed by atoms with van der Waals surface area (Å²) in [7, 11) is 0. The number of hydrogen-bond donors (Lipinski definition) is 15. The number of hydroxylamine groups is 4. The van der Waals surface area contributed by atoms with Gasteiger partial charge in [0, 0.05) is 20.0 Å². The number of carbonyl (C=O) groups is 9. The number of aliphatic hydroxyl groups excluding tert-OH is 1. The lowest BCUT2D eigenvalue weighted by Crippen LogP contribution is -2.60. The Hall–Kier alpha value is -6.19. The number of piperidine rings is 1. The van der Waals surface area contributed by atoms with Crippen molar-refractivity contribution in [2.45, 2.75) is 107 Å². The molecule has 65 heavy (non-hydrogen) atoms. The minimum Gasteiger partial charge on any atom is -0.504 e. The third kappa shape index (κ3) is 18.4. The van der Waals surface area contributed by atoms with Crippen LogP contribution in [0, 0.1) is 0 Å². The normalized spacial score (nSPS) is 15.8. The molecule has 26 nitrogen and oxygen atoms in total. The van der Waals surface area contributed by atoms with Gasteiger partial charge >= 0.3 is 0 Å². The second-order valence-corrected chi connectivity index (χ2v) is 15.1. The predicted octanol–water partition coefficient (Wildman–Crippen LogP) is -5.03. The van der Waals surface area contributed by atoms with Gasteiger partial charge in [0.05, 0.1) is 18.7 Å². The Morgan fingerprint density at radius 3 is 1.69 bits per heavy atom. The van der Waals surface area contributed by atoms with Crippen LogP contribution in [0.1, 0.15) is 81.5 Å². The number of aliphatic hydroxyl groups is 1. The van der Waals surface area contributed by atoms with E-state index in [9.17, 15) is 68.9 Å². The van der Waals surface area contributed by atoms with Gasteiger partial charge in [-0.05, 0) is 96.0 Å². The van der Waals surface area contributed by atoms with Crippen LogP contribution in [0.15, 0.2) is 18.2 Å². The number of nitrogens with one attached hydrogen (secondary N) is 7. The number of nitrogens with two attached hydrogens (primary N) is 3. The number of hydrogen-bond acceptors (Lipinski definition) is 17. The van der Waals surface area contributed by atoms with Crippen LogP contribution < -0.4 is 54.4 Å². The topological polar surface area (TPSA) is 424 Å². The van der Waals surface area contributed by atoms with Gasteiger partial charge in [-0.2, -0.15) is 0 Å². The number of phenols is 2. The van der Waals surface area contributed by atoms with Crippen molar-refractivity contribution < 1.29 is 68.9 Å². The van der Waals surface area contributed by atoms with Crippen LogP contribution in [0.5, 0.6) is 11.5 Å². The highest BCUT2D eigenvalue weighted by Gasteiger charge is 2.35. The molecule has 0 radical (unpaired) electrons. The number of benzene rings is 1. The van der Waals surface area contributed by atoms with E-state index in [2.05, 4.69) is 37.2 Å². The summed E-state index contributed by atoms with van der Waals surface area (Å²) in [5.41, 5.74) is 16.7. The molecule has 1 aromatic rings. The Bertz CT molecular complexity index is 1810. The van der Waals surface area contributed by atoms with Crippen LogP contribution in [0.25, 0.3) is 0 Å². The van der Waals surface area contributed by atoms with Crippen molar-refractivity contribution >= 4 is 53.2 Å². The van der Waals surface area contributed by atoms with E-state index in [4.69, 9.17) is 17.2 Å². The standard InChI is InChI=1S/C39H64N12O14/c1-22(53)50(64)18-6-12-27(36(60)46-26(11-5-17-42)37(61)49-29(21-52)38(62)48-28-13-7-19-51(65)39(28)63)47-35(59)25(10-4-16-41)45-34(58)24(9-3-15-40)44-31(55)20-43-33(57)23-8-2-14-30(54)32(23)56/h2,8,14,24-29,52,54,56,64-65H,3-7,9-13,15-21,40-42H2,1H3,(H,43,57)(H,44,55)(H,45,58)(H,46,60)(H,47,59)(H,48,62)(H,49,61). The van der Waals surface area contributed by atoms with Crippen molar-refractivity contribution in [2.75, 3.05) is 45.9 Å². The number of aromatic hydroxyl groups is 2. The highest BCUT2D eigenvalue weighted by Crippen LogP contribution is 2.27. The molecule has 1 aliphatic heterocycles. The number of carbonyl (C=O) groups excluding carboxylic acids is 9. The molecule has 6 atom stereocenters. The van der Waals surface area contributed by atoms with Crippen molar-refractivity contribution in [1.82, 2.24) is 47.3 Å². The second kappa shape index (κ2) is 28.6. The fourth-order valence-electron chi connectivity index (χ4n) is 6.41. The molecule has 1 fully saturated rings. The van der Waals surface area contributed by atoms with Crippen molar-refractivity contribution in [3.05, 3.63) is 23.8 Å². The summed E-state index contributed by atoms with van der Waals surface area (Å²) >= 11 is 0. The zero-order valence-electron chi connectivity index (χ0n) is 36.3. The van der Waals surface area contributed by atoms with E-state index >= 15 is 0 Å². The molecular weight excluding hydrogens is 860 g/mol.